The highest BCUT2D eigenvalue weighted by Crippen LogP contribution is 2.43. The van der Waals surface area contributed by atoms with E-state index >= 15 is 0 Å². The van der Waals surface area contributed by atoms with Gasteiger partial charge in [0.15, 0.2) is 17.5 Å². The number of rotatable bonds is 4. The van der Waals surface area contributed by atoms with Crippen molar-refractivity contribution in [3.05, 3.63) is 182 Å². The molecule has 12 aromatic rings. The van der Waals surface area contributed by atoms with Crippen molar-refractivity contribution in [1.82, 2.24) is 19.5 Å². The Hall–Kier alpha value is -7.63. The third-order valence-corrected chi connectivity index (χ3v) is 11.2. The number of fused-ring (bicyclic) bond motifs is 10. The Morgan fingerprint density at radius 3 is 1.79 bits per heavy atom. The third-order valence-electron chi connectivity index (χ3n) is 11.2. The smallest absolute Gasteiger partial charge is 0.167 e. The Bertz CT molecular complexity index is 3540. The number of hydrogen-bond acceptors (Lipinski definition) is 4. The first-order valence-corrected chi connectivity index (χ1v) is 18.9. The summed E-state index contributed by atoms with van der Waals surface area (Å²) in [5, 5.41) is 11.2. The Balaban J connectivity index is 1.22. The lowest BCUT2D eigenvalue weighted by Gasteiger charge is -2.13. The maximum atomic E-state index is 7.01. The Labute approximate surface area is 320 Å². The summed E-state index contributed by atoms with van der Waals surface area (Å²) in [6.07, 6.45) is 0. The molecule has 56 heavy (non-hydrogen) atoms. The average Bonchev–Trinajstić information content (AvgIpc) is 3.81. The monoisotopic (exact) mass is 714 g/mol. The zero-order valence-corrected chi connectivity index (χ0v) is 30.0. The molecule has 0 aliphatic rings. The summed E-state index contributed by atoms with van der Waals surface area (Å²) in [5.41, 5.74) is 7.49. The fourth-order valence-corrected chi connectivity index (χ4v) is 8.57. The van der Waals surface area contributed by atoms with E-state index in [-0.39, 0.29) is 0 Å². The highest BCUT2D eigenvalue weighted by molar-refractivity contribution is 6.18. The van der Waals surface area contributed by atoms with Gasteiger partial charge in [-0.25, -0.2) is 15.0 Å². The minimum absolute atomic E-state index is 0.545. The van der Waals surface area contributed by atoms with Gasteiger partial charge in [-0.15, -0.1) is 0 Å². The van der Waals surface area contributed by atoms with Gasteiger partial charge in [-0.2, -0.15) is 0 Å². The number of benzene rings is 9. The van der Waals surface area contributed by atoms with Crippen LogP contribution in [0, 0.1) is 0 Å². The van der Waals surface area contributed by atoms with Crippen molar-refractivity contribution in [2.45, 2.75) is 0 Å². The van der Waals surface area contributed by atoms with Gasteiger partial charge < -0.3 is 8.98 Å². The van der Waals surface area contributed by atoms with Crippen LogP contribution in [0.3, 0.4) is 0 Å². The topological polar surface area (TPSA) is 56.7 Å². The summed E-state index contributed by atoms with van der Waals surface area (Å²) in [6.45, 7) is 0. The number of para-hydroxylation sites is 1. The molecule has 0 unspecified atom stereocenters. The Kier molecular flexibility index (Phi) is 6.56. The molecule has 0 N–H and O–H groups in total. The van der Waals surface area contributed by atoms with E-state index in [9.17, 15) is 0 Å². The van der Waals surface area contributed by atoms with E-state index in [1.807, 2.05) is 30.3 Å². The molecule has 0 fully saturated rings. The summed E-state index contributed by atoms with van der Waals surface area (Å²) < 4.78 is 9.39. The van der Waals surface area contributed by atoms with Gasteiger partial charge in [-0.05, 0) is 63.3 Å². The first-order valence-electron chi connectivity index (χ1n) is 18.9. The molecule has 0 aliphatic carbocycles. The summed E-state index contributed by atoms with van der Waals surface area (Å²) in [5.74, 6) is 1.75. The van der Waals surface area contributed by atoms with Crippen molar-refractivity contribution in [2.24, 2.45) is 0 Å². The van der Waals surface area contributed by atoms with Gasteiger partial charge in [0.1, 0.15) is 11.2 Å². The minimum Gasteiger partial charge on any atom is -0.455 e. The summed E-state index contributed by atoms with van der Waals surface area (Å²) >= 11 is 0. The van der Waals surface area contributed by atoms with Crippen LogP contribution in [0.4, 0.5) is 0 Å². The normalized spacial score (nSPS) is 11.9. The molecule has 5 nitrogen and oxygen atoms in total. The molecule has 0 amide bonds. The van der Waals surface area contributed by atoms with E-state index in [1.54, 1.807) is 0 Å². The molecular weight excluding hydrogens is 685 g/mol. The Morgan fingerprint density at radius 1 is 0.339 bits per heavy atom. The molecule has 0 radical (unpaired) electrons. The lowest BCUT2D eigenvalue weighted by atomic mass is 10.0. The quantitative estimate of drug-likeness (QED) is 0.182. The SMILES string of the molecule is c1ccc(-c2nc(-c3cccc4ccccc34)nc(-c3cc(-n4c5ccccc5c5cc6ccccc6cc54)cc4c3oc3c5ccccc5ccc43)n2)cc1. The molecule has 3 aromatic heterocycles. The van der Waals surface area contributed by atoms with E-state index in [0.29, 0.717) is 17.5 Å². The molecule has 5 heteroatoms. The van der Waals surface area contributed by atoms with Crippen molar-refractivity contribution in [1.29, 1.82) is 0 Å². The van der Waals surface area contributed by atoms with Gasteiger partial charge >= 0.3 is 0 Å². The van der Waals surface area contributed by atoms with Crippen molar-refractivity contribution < 1.29 is 4.42 Å². The lowest BCUT2D eigenvalue weighted by molar-refractivity contribution is 0.673. The van der Waals surface area contributed by atoms with Crippen LogP contribution in [0.2, 0.25) is 0 Å². The number of nitrogens with zero attached hydrogens (tertiary/aromatic N) is 4. The maximum absolute atomic E-state index is 7.01. The molecule has 0 saturated heterocycles. The van der Waals surface area contributed by atoms with Crippen LogP contribution in [0.15, 0.2) is 186 Å². The van der Waals surface area contributed by atoms with Crippen LogP contribution in [-0.2, 0) is 0 Å². The fourth-order valence-electron chi connectivity index (χ4n) is 8.57. The third kappa shape index (κ3) is 4.64. The van der Waals surface area contributed by atoms with E-state index in [0.717, 1.165) is 76.9 Å². The van der Waals surface area contributed by atoms with Crippen molar-refractivity contribution in [3.8, 4) is 39.9 Å². The fraction of sp³-hybridized carbons (Fsp3) is 0. The number of hydrogen-bond donors (Lipinski definition) is 0. The predicted molar refractivity (Wildman–Crippen MR) is 230 cm³/mol. The second-order valence-corrected chi connectivity index (χ2v) is 14.4. The molecule has 12 rings (SSSR count). The van der Waals surface area contributed by atoms with Crippen LogP contribution < -0.4 is 0 Å². The number of furan rings is 1. The van der Waals surface area contributed by atoms with E-state index < -0.39 is 0 Å². The second-order valence-electron chi connectivity index (χ2n) is 14.4. The molecular formula is C51H30N4O. The van der Waals surface area contributed by atoms with Gasteiger partial charge in [0, 0.05) is 43.7 Å². The lowest BCUT2D eigenvalue weighted by Crippen LogP contribution is -2.02. The molecule has 9 aromatic carbocycles. The van der Waals surface area contributed by atoms with E-state index in [1.165, 1.54) is 21.5 Å². The van der Waals surface area contributed by atoms with Gasteiger partial charge in [0.25, 0.3) is 0 Å². The van der Waals surface area contributed by atoms with Crippen LogP contribution >= 0.6 is 0 Å². The summed E-state index contributed by atoms with van der Waals surface area (Å²) in [6, 6.07) is 63.9. The average molecular weight is 715 g/mol. The van der Waals surface area contributed by atoms with Crippen molar-refractivity contribution in [2.75, 3.05) is 0 Å². The van der Waals surface area contributed by atoms with Crippen molar-refractivity contribution >= 4 is 76.1 Å². The molecule has 0 bridgehead atoms. The van der Waals surface area contributed by atoms with Gasteiger partial charge in [-0.1, -0.05) is 146 Å². The van der Waals surface area contributed by atoms with Crippen LogP contribution in [0.5, 0.6) is 0 Å². The van der Waals surface area contributed by atoms with Crippen LogP contribution in [-0.4, -0.2) is 19.5 Å². The molecule has 3 heterocycles. The molecule has 0 saturated carbocycles. The predicted octanol–water partition coefficient (Wildman–Crippen LogP) is 13.3. The van der Waals surface area contributed by atoms with E-state index in [2.05, 4.69) is 156 Å². The van der Waals surface area contributed by atoms with Gasteiger partial charge in [0.05, 0.1) is 16.6 Å². The highest BCUT2D eigenvalue weighted by Gasteiger charge is 2.23. The number of aromatic nitrogens is 4. The van der Waals surface area contributed by atoms with Crippen molar-refractivity contribution in [3.63, 3.8) is 0 Å². The maximum Gasteiger partial charge on any atom is 0.167 e. The van der Waals surface area contributed by atoms with Crippen LogP contribution in [0.1, 0.15) is 0 Å². The standard InChI is InChI=1S/C51H30N4O/c1-2-15-33(16-3-1)49-52-50(41-23-12-19-31-13-6-8-20-37(31)41)54-51(53-49)44-30-36(29-43-40-26-25-32-14-7-9-21-38(32)47(40)56-48(43)44)55-45-24-11-10-22-39(45)42-27-34-17-4-5-18-35(34)28-46(42)55/h1-30H. The molecule has 0 aliphatic heterocycles. The largest absolute Gasteiger partial charge is 0.455 e. The molecule has 0 atom stereocenters. The first kappa shape index (κ1) is 30.8. The molecule has 0 spiro atoms. The van der Waals surface area contributed by atoms with E-state index in [4.69, 9.17) is 19.4 Å². The first-order chi connectivity index (χ1) is 27.7. The van der Waals surface area contributed by atoms with Gasteiger partial charge in [-0.3, -0.25) is 0 Å². The minimum atomic E-state index is 0.545. The highest BCUT2D eigenvalue weighted by atomic mass is 16.3. The van der Waals surface area contributed by atoms with Gasteiger partial charge in [0.2, 0.25) is 0 Å². The van der Waals surface area contributed by atoms with Crippen LogP contribution in [0.25, 0.3) is 116 Å². The zero-order valence-electron chi connectivity index (χ0n) is 30.0. The second kappa shape index (κ2) is 11.9. The summed E-state index contributed by atoms with van der Waals surface area (Å²) in [4.78, 5) is 15.7. The zero-order chi connectivity index (χ0) is 36.7. The summed E-state index contributed by atoms with van der Waals surface area (Å²) in [7, 11) is 0. The molecule has 260 valence electrons. The Morgan fingerprint density at radius 2 is 0.964 bits per heavy atom.